The van der Waals surface area contributed by atoms with Gasteiger partial charge in [-0.05, 0) is 48.4 Å². The summed E-state index contributed by atoms with van der Waals surface area (Å²) in [6.07, 6.45) is 0.768. The van der Waals surface area contributed by atoms with Crippen molar-refractivity contribution >= 4 is 23.2 Å². The molecule has 8 nitrogen and oxygen atoms in total. The Kier molecular flexibility index (Phi) is 5.83. The summed E-state index contributed by atoms with van der Waals surface area (Å²) in [5, 5.41) is 4.21. The van der Waals surface area contributed by atoms with Gasteiger partial charge in [-0.15, -0.1) is 0 Å². The van der Waals surface area contributed by atoms with Gasteiger partial charge in [0.15, 0.2) is 0 Å². The van der Waals surface area contributed by atoms with Crippen LogP contribution < -0.4 is 15.4 Å². The number of hydrogen-bond donors (Lipinski definition) is 0. The van der Waals surface area contributed by atoms with Gasteiger partial charge >= 0.3 is 0 Å². The summed E-state index contributed by atoms with van der Waals surface area (Å²) in [7, 11) is 0. The molecule has 2 aliphatic rings. The van der Waals surface area contributed by atoms with E-state index in [9.17, 15) is 18.8 Å². The van der Waals surface area contributed by atoms with Crippen molar-refractivity contribution in [1.29, 1.82) is 0 Å². The van der Waals surface area contributed by atoms with Crippen molar-refractivity contribution in [2.45, 2.75) is 13.0 Å². The second kappa shape index (κ2) is 9.09. The van der Waals surface area contributed by atoms with Crippen molar-refractivity contribution in [3.05, 3.63) is 88.1 Å². The fourth-order valence-corrected chi connectivity index (χ4v) is 4.46. The number of para-hydroxylation sites is 1. The number of aromatic nitrogens is 2. The number of halogens is 1. The van der Waals surface area contributed by atoms with Gasteiger partial charge < -0.3 is 14.7 Å². The summed E-state index contributed by atoms with van der Waals surface area (Å²) < 4.78 is 14.2. The van der Waals surface area contributed by atoms with Gasteiger partial charge in [-0.25, -0.2) is 9.07 Å². The smallest absolute Gasteiger partial charge is 0.278 e. The molecule has 0 saturated carbocycles. The summed E-state index contributed by atoms with van der Waals surface area (Å²) in [4.78, 5) is 43.7. The average molecular weight is 461 g/mol. The zero-order chi connectivity index (χ0) is 23.7. The van der Waals surface area contributed by atoms with Crippen molar-refractivity contribution in [1.82, 2.24) is 14.7 Å². The van der Waals surface area contributed by atoms with Crippen molar-refractivity contribution in [2.75, 3.05) is 42.5 Å². The van der Waals surface area contributed by atoms with Gasteiger partial charge in [0.25, 0.3) is 11.5 Å². The molecule has 9 heteroatoms. The first-order valence-corrected chi connectivity index (χ1v) is 11.3. The number of piperazine rings is 1. The van der Waals surface area contributed by atoms with Crippen LogP contribution in [0.5, 0.6) is 0 Å². The van der Waals surface area contributed by atoms with Crippen LogP contribution in [0.2, 0.25) is 0 Å². The SMILES string of the molecule is O=C(Cn1nc(C(=O)N2CCc3ccccc32)ccc1=O)N1CCN(c2ccc(F)cc2)CC1. The zero-order valence-electron chi connectivity index (χ0n) is 18.6. The van der Waals surface area contributed by atoms with Crippen LogP contribution in [-0.2, 0) is 17.8 Å². The van der Waals surface area contributed by atoms with Gasteiger partial charge in [0, 0.05) is 50.2 Å². The Morgan fingerprint density at radius 2 is 1.62 bits per heavy atom. The van der Waals surface area contributed by atoms with Gasteiger partial charge in [-0.3, -0.25) is 14.4 Å². The molecule has 3 heterocycles. The second-order valence-electron chi connectivity index (χ2n) is 8.39. The summed E-state index contributed by atoms with van der Waals surface area (Å²) in [6, 6.07) is 16.7. The first kappa shape index (κ1) is 21.8. The molecule has 2 aromatic carbocycles. The molecule has 2 amide bonds. The summed E-state index contributed by atoms with van der Waals surface area (Å²) in [5.74, 6) is -0.811. The van der Waals surface area contributed by atoms with E-state index in [2.05, 4.69) is 10.00 Å². The van der Waals surface area contributed by atoms with Gasteiger partial charge in [0.05, 0.1) is 0 Å². The third-order valence-corrected chi connectivity index (χ3v) is 6.33. The highest BCUT2D eigenvalue weighted by molar-refractivity contribution is 6.05. The molecule has 0 aliphatic carbocycles. The van der Waals surface area contributed by atoms with Crippen LogP contribution in [0, 0.1) is 5.82 Å². The van der Waals surface area contributed by atoms with Crippen LogP contribution in [-0.4, -0.2) is 59.2 Å². The Bertz CT molecular complexity index is 1280. The van der Waals surface area contributed by atoms with E-state index in [1.165, 1.54) is 24.3 Å². The molecule has 0 atom stereocenters. The molecule has 34 heavy (non-hydrogen) atoms. The quantitative estimate of drug-likeness (QED) is 0.594. The Morgan fingerprint density at radius 3 is 2.38 bits per heavy atom. The number of anilines is 2. The molecule has 1 saturated heterocycles. The minimum Gasteiger partial charge on any atom is -0.368 e. The highest BCUT2D eigenvalue weighted by atomic mass is 19.1. The van der Waals surface area contributed by atoms with E-state index in [0.717, 1.165) is 28.0 Å². The molecule has 1 aromatic heterocycles. The zero-order valence-corrected chi connectivity index (χ0v) is 18.6. The van der Waals surface area contributed by atoms with E-state index in [1.54, 1.807) is 21.9 Å². The highest BCUT2D eigenvalue weighted by Gasteiger charge is 2.27. The van der Waals surface area contributed by atoms with Crippen LogP contribution in [0.15, 0.2) is 65.5 Å². The lowest BCUT2D eigenvalue weighted by Crippen LogP contribution is -2.50. The Balaban J connectivity index is 1.25. The van der Waals surface area contributed by atoms with E-state index < -0.39 is 5.56 Å². The van der Waals surface area contributed by atoms with E-state index in [1.807, 2.05) is 24.3 Å². The first-order chi connectivity index (χ1) is 16.5. The number of carbonyl (C=O) groups is 2. The topological polar surface area (TPSA) is 78.8 Å². The first-order valence-electron chi connectivity index (χ1n) is 11.3. The molecule has 1 fully saturated rings. The number of hydrogen-bond acceptors (Lipinski definition) is 5. The lowest BCUT2D eigenvalue weighted by molar-refractivity contribution is -0.132. The summed E-state index contributed by atoms with van der Waals surface area (Å²) in [5.41, 5.74) is 2.55. The largest absolute Gasteiger partial charge is 0.368 e. The standard InChI is InChI=1S/C25H24FN5O3/c26-19-5-7-20(8-6-19)28-13-15-29(16-14-28)24(33)17-31-23(32)10-9-21(27-31)25(34)30-12-11-18-3-1-2-4-22(18)30/h1-10H,11-17H2. The number of rotatable bonds is 4. The third kappa shape index (κ3) is 4.28. The minimum absolute atomic E-state index is 0.130. The molecule has 0 bridgehead atoms. The maximum Gasteiger partial charge on any atom is 0.278 e. The Hall–Kier alpha value is -4.01. The van der Waals surface area contributed by atoms with Crippen LogP contribution in [0.1, 0.15) is 16.1 Å². The van der Waals surface area contributed by atoms with Crippen molar-refractivity contribution in [3.8, 4) is 0 Å². The van der Waals surface area contributed by atoms with E-state index >= 15 is 0 Å². The van der Waals surface area contributed by atoms with E-state index in [0.29, 0.717) is 32.7 Å². The van der Waals surface area contributed by atoms with E-state index in [-0.39, 0.29) is 29.9 Å². The molecule has 5 rings (SSSR count). The van der Waals surface area contributed by atoms with Crippen molar-refractivity contribution < 1.29 is 14.0 Å². The average Bonchev–Trinajstić information content (AvgIpc) is 3.30. The number of benzene rings is 2. The van der Waals surface area contributed by atoms with Gasteiger partial charge in [-0.1, -0.05) is 18.2 Å². The van der Waals surface area contributed by atoms with Crippen LogP contribution in [0.4, 0.5) is 15.8 Å². The van der Waals surface area contributed by atoms with Crippen molar-refractivity contribution in [2.24, 2.45) is 0 Å². The predicted octanol–water partition coefficient (Wildman–Crippen LogP) is 1.93. The molecular weight excluding hydrogens is 437 g/mol. The summed E-state index contributed by atoms with van der Waals surface area (Å²) >= 11 is 0. The molecule has 3 aromatic rings. The van der Waals surface area contributed by atoms with Crippen LogP contribution in [0.3, 0.4) is 0 Å². The molecular formula is C25H24FN5O3. The molecule has 0 unspecified atom stereocenters. The van der Waals surface area contributed by atoms with Gasteiger partial charge in [-0.2, -0.15) is 5.10 Å². The minimum atomic E-state index is -0.434. The van der Waals surface area contributed by atoms with Gasteiger partial charge in [0.2, 0.25) is 5.91 Å². The highest BCUT2D eigenvalue weighted by Crippen LogP contribution is 2.28. The van der Waals surface area contributed by atoms with Crippen LogP contribution in [0.25, 0.3) is 0 Å². The van der Waals surface area contributed by atoms with Crippen LogP contribution >= 0.6 is 0 Å². The summed E-state index contributed by atoms with van der Waals surface area (Å²) in [6.45, 7) is 2.49. The Morgan fingerprint density at radius 1 is 0.882 bits per heavy atom. The normalized spacial score (nSPS) is 15.4. The number of carbonyl (C=O) groups excluding carboxylic acids is 2. The Labute approximate surface area is 195 Å². The lowest BCUT2D eigenvalue weighted by atomic mass is 10.2. The second-order valence-corrected chi connectivity index (χ2v) is 8.39. The third-order valence-electron chi connectivity index (χ3n) is 6.33. The predicted molar refractivity (Wildman–Crippen MR) is 126 cm³/mol. The lowest BCUT2D eigenvalue weighted by Gasteiger charge is -2.36. The monoisotopic (exact) mass is 461 g/mol. The van der Waals surface area contributed by atoms with E-state index in [4.69, 9.17) is 0 Å². The number of fused-ring (bicyclic) bond motifs is 1. The molecule has 0 N–H and O–H groups in total. The van der Waals surface area contributed by atoms with Crippen molar-refractivity contribution in [3.63, 3.8) is 0 Å². The fraction of sp³-hybridized carbons (Fsp3) is 0.280. The molecule has 2 aliphatic heterocycles. The molecule has 0 spiro atoms. The molecule has 174 valence electrons. The number of amides is 2. The maximum atomic E-state index is 13.2. The van der Waals surface area contributed by atoms with Gasteiger partial charge in [0.1, 0.15) is 18.1 Å². The maximum absolute atomic E-state index is 13.2. The number of nitrogens with zero attached hydrogens (tertiary/aromatic N) is 5. The molecule has 0 radical (unpaired) electrons. The fourth-order valence-electron chi connectivity index (χ4n) is 4.46.